The monoisotopic (exact) mass is 994 g/mol. The highest BCUT2D eigenvalue weighted by atomic mass is 32.1. The van der Waals surface area contributed by atoms with Crippen molar-refractivity contribution in [3.8, 4) is 10.4 Å². The van der Waals surface area contributed by atoms with Gasteiger partial charge in [-0.3, -0.25) is 28.9 Å². The Bertz CT molecular complexity index is 2600. The smallest absolute Gasteiger partial charge is 0.407 e. The number of β-amino-alcohol motifs (C(OH)–C–C–N with tert-alkyl or cyclic N) is 1. The molecule has 1 fully saturated rings. The number of nitrogens with one attached hydrogen (secondary N) is 3. The molecule has 6 N–H and O–H groups in total. The summed E-state index contributed by atoms with van der Waals surface area (Å²) in [5.74, 6) is -2.35. The Hall–Kier alpha value is -6.40. The number of nitrogens with two attached hydrogens (primary N) is 1. The van der Waals surface area contributed by atoms with Gasteiger partial charge in [-0.25, -0.2) is 14.2 Å². The molecule has 0 saturated carbocycles. The van der Waals surface area contributed by atoms with Crippen LogP contribution in [0.1, 0.15) is 107 Å². The Morgan fingerprint density at radius 1 is 0.972 bits per heavy atom. The molecule has 7 rings (SSSR count). The van der Waals surface area contributed by atoms with E-state index in [1.807, 2.05) is 56.3 Å². The lowest BCUT2D eigenvalue weighted by molar-refractivity contribution is -0.142. The van der Waals surface area contributed by atoms with Crippen LogP contribution >= 0.6 is 11.3 Å². The number of aryl methyl sites for hydroxylation is 3. The second-order valence-corrected chi connectivity index (χ2v) is 21.0. The average Bonchev–Trinajstić information content (AvgIpc) is 4.03. The van der Waals surface area contributed by atoms with Gasteiger partial charge in [-0.2, -0.15) is 0 Å². The average molecular weight is 995 g/mol. The molecule has 3 aromatic carbocycles. The number of rotatable bonds is 19. The third-order valence-electron chi connectivity index (χ3n) is 13.7. The minimum atomic E-state index is -1.08. The number of aliphatic hydroxyl groups excluding tert-OH is 1. The van der Waals surface area contributed by atoms with E-state index in [1.54, 1.807) is 72.7 Å². The predicted molar refractivity (Wildman–Crippen MR) is 270 cm³/mol. The van der Waals surface area contributed by atoms with Gasteiger partial charge in [-0.1, -0.05) is 75.4 Å². The highest BCUT2D eigenvalue weighted by Gasteiger charge is 2.45. The number of anilines is 2. The van der Waals surface area contributed by atoms with Gasteiger partial charge in [0, 0.05) is 51.9 Å². The highest BCUT2D eigenvalue weighted by molar-refractivity contribution is 7.13. The summed E-state index contributed by atoms with van der Waals surface area (Å²) in [5.41, 5.74) is 12.9. The summed E-state index contributed by atoms with van der Waals surface area (Å²) in [4.78, 5) is 90.1. The van der Waals surface area contributed by atoms with Gasteiger partial charge in [0.2, 0.25) is 29.5 Å². The van der Waals surface area contributed by atoms with Crippen LogP contribution in [-0.4, -0.2) is 108 Å². The molecule has 4 aromatic rings. The number of likely N-dealkylation sites (N-methyl/N-ethyl adjacent to an activating group) is 1. The van der Waals surface area contributed by atoms with Crippen molar-refractivity contribution in [1.29, 1.82) is 0 Å². The second-order valence-electron chi connectivity index (χ2n) is 20.2. The van der Waals surface area contributed by atoms with Crippen molar-refractivity contribution < 1.29 is 43.0 Å². The lowest BCUT2D eigenvalue weighted by Crippen LogP contribution is -2.58. The first kappa shape index (κ1) is 52.4. The van der Waals surface area contributed by atoms with E-state index in [4.69, 9.17) is 10.5 Å². The number of hydrogen-bond acceptors (Lipinski definition) is 11. The molecule has 1 saturated heterocycles. The van der Waals surface area contributed by atoms with E-state index in [-0.39, 0.29) is 56.8 Å². The number of aliphatic hydroxyl groups is 1. The number of para-hydroxylation sites is 1. The van der Waals surface area contributed by atoms with E-state index >= 15 is 4.39 Å². The molecule has 0 aliphatic carbocycles. The number of thiazole rings is 1. The number of nitrogens with zero attached hydrogens (tertiary/aromatic N) is 4. The molecule has 18 heteroatoms. The Balaban J connectivity index is 0.897. The Kier molecular flexibility index (Phi) is 16.8. The van der Waals surface area contributed by atoms with Crippen LogP contribution in [-0.2, 0) is 48.0 Å². The summed E-state index contributed by atoms with van der Waals surface area (Å²) in [6.45, 7) is 9.25. The van der Waals surface area contributed by atoms with Crippen LogP contribution < -0.4 is 31.5 Å². The fraction of sp³-hybridized carbons (Fsp3) is 0.491. The Morgan fingerprint density at radius 2 is 1.69 bits per heavy atom. The number of amides is 6. The maximum absolute atomic E-state index is 16.2. The van der Waals surface area contributed by atoms with Gasteiger partial charge in [-0.05, 0) is 91.7 Å². The van der Waals surface area contributed by atoms with Gasteiger partial charge >= 0.3 is 6.09 Å². The van der Waals surface area contributed by atoms with Crippen LogP contribution in [0.2, 0.25) is 0 Å². The highest BCUT2D eigenvalue weighted by Crippen LogP contribution is 2.39. The second kappa shape index (κ2) is 22.8. The van der Waals surface area contributed by atoms with Gasteiger partial charge in [-0.15, -0.1) is 11.3 Å². The molecule has 1 unspecified atom stereocenters. The van der Waals surface area contributed by atoms with E-state index in [2.05, 4.69) is 20.9 Å². The van der Waals surface area contributed by atoms with Gasteiger partial charge in [0.25, 0.3) is 0 Å². The van der Waals surface area contributed by atoms with Crippen LogP contribution in [0.4, 0.5) is 20.6 Å². The standard InChI is InChI=1S/C53H67FN8O8S/c1-31(33-19-21-36(22-20-33)47-32(2)56-30-71-47)57-49(66)41-27-39(63)29-61(41)51(68)48(53(3,4)5)59-52(69)70-25-8-7-12-34-13-10-17-40(45(34)54)60(6)28-38(23-24-43(55)64)58-50(67)42-26-37-16-9-14-35-15-11-18-44(65)62(42)46(35)37/h9-10,13-14,16-17,19-22,30-31,38-39,41-42,48,63H,7-8,11-12,15,18,23-29H2,1-6H3,(H2,55,64)(H,57,66)(H,58,67)(H,59,69)/t31-,38?,39+,41-,42-,48+/m0/s1. The van der Waals surface area contributed by atoms with E-state index in [9.17, 15) is 33.9 Å². The maximum Gasteiger partial charge on any atom is 0.407 e. The van der Waals surface area contributed by atoms with Gasteiger partial charge in [0.05, 0.1) is 46.2 Å². The SMILES string of the molecule is Cc1ncsc1-c1ccc([C@H](C)NC(=O)[C@@H]2C[C@@H](O)CN2C(=O)[C@@H](NC(=O)OCCCCc2cccc(N(C)CC(CCC(N)=O)NC(=O)[C@@H]3Cc4cccc5c4N3C(=O)CCC5)c2F)C(C)(C)C)cc1. The fourth-order valence-electron chi connectivity index (χ4n) is 9.90. The van der Waals surface area contributed by atoms with Gasteiger partial charge < -0.3 is 41.3 Å². The van der Waals surface area contributed by atoms with Crippen LogP contribution in [0.3, 0.4) is 0 Å². The topological polar surface area (TPSA) is 217 Å². The first-order valence-electron chi connectivity index (χ1n) is 24.5. The zero-order chi connectivity index (χ0) is 51.1. The first-order chi connectivity index (χ1) is 33.8. The van der Waals surface area contributed by atoms with E-state index < -0.39 is 65.3 Å². The number of aromatic nitrogens is 1. The van der Waals surface area contributed by atoms with E-state index in [1.165, 1.54) is 4.90 Å². The number of benzene rings is 3. The zero-order valence-corrected chi connectivity index (χ0v) is 42.3. The number of unbranched alkanes of at least 4 members (excludes halogenated alkanes) is 1. The normalized spacial score (nSPS) is 18.8. The number of likely N-dealkylation sites (tertiary alicyclic amines) is 1. The van der Waals surface area contributed by atoms with E-state index in [0.717, 1.165) is 44.9 Å². The first-order valence-corrected chi connectivity index (χ1v) is 25.4. The Labute approximate surface area is 418 Å². The largest absolute Gasteiger partial charge is 0.450 e. The third kappa shape index (κ3) is 12.6. The minimum Gasteiger partial charge on any atom is -0.450 e. The molecule has 0 spiro atoms. The van der Waals surface area contributed by atoms with Crippen molar-refractivity contribution in [2.24, 2.45) is 11.1 Å². The quantitative estimate of drug-likeness (QED) is 0.0687. The van der Waals surface area contributed by atoms with Crippen molar-refractivity contribution in [3.63, 3.8) is 0 Å². The molecule has 0 radical (unpaired) electrons. The van der Waals surface area contributed by atoms with Crippen LogP contribution in [0, 0.1) is 18.2 Å². The lowest BCUT2D eigenvalue weighted by Gasteiger charge is -2.35. The molecule has 6 amide bonds. The number of ether oxygens (including phenoxy) is 1. The number of alkyl carbamates (subject to hydrolysis) is 1. The molecule has 380 valence electrons. The summed E-state index contributed by atoms with van der Waals surface area (Å²) in [5, 5.41) is 19.4. The van der Waals surface area contributed by atoms with Crippen molar-refractivity contribution in [2.75, 3.05) is 36.5 Å². The summed E-state index contributed by atoms with van der Waals surface area (Å²) < 4.78 is 21.7. The molecule has 3 aliphatic rings. The molecule has 16 nitrogen and oxygen atoms in total. The van der Waals surface area contributed by atoms with Crippen LogP contribution in [0.5, 0.6) is 0 Å². The zero-order valence-electron chi connectivity index (χ0n) is 41.5. The molecule has 3 aliphatic heterocycles. The summed E-state index contributed by atoms with van der Waals surface area (Å²) in [6.07, 6.45) is 1.87. The van der Waals surface area contributed by atoms with Gasteiger partial charge in [0.1, 0.15) is 23.9 Å². The summed E-state index contributed by atoms with van der Waals surface area (Å²) in [6, 6.07) is 15.1. The van der Waals surface area contributed by atoms with Crippen molar-refractivity contribution >= 4 is 58.3 Å². The number of carbonyl (C=O) groups excluding carboxylic acids is 6. The van der Waals surface area contributed by atoms with Crippen molar-refractivity contribution in [1.82, 2.24) is 25.8 Å². The maximum atomic E-state index is 16.2. The minimum absolute atomic E-state index is 0.000378. The fourth-order valence-corrected chi connectivity index (χ4v) is 10.7. The van der Waals surface area contributed by atoms with Crippen LogP contribution in [0.25, 0.3) is 10.4 Å². The molecule has 1 aromatic heterocycles. The lowest BCUT2D eigenvalue weighted by atomic mass is 9.85. The molecule has 6 atom stereocenters. The van der Waals surface area contributed by atoms with Crippen LogP contribution in [0.15, 0.2) is 66.2 Å². The van der Waals surface area contributed by atoms with Gasteiger partial charge in [0.15, 0.2) is 0 Å². The molecule has 71 heavy (non-hydrogen) atoms. The third-order valence-corrected chi connectivity index (χ3v) is 14.7. The molecule has 0 bridgehead atoms. The number of primary amides is 1. The summed E-state index contributed by atoms with van der Waals surface area (Å²) in [7, 11) is 1.71. The number of carbonyl (C=O) groups is 6. The van der Waals surface area contributed by atoms with E-state index in [0.29, 0.717) is 49.8 Å². The number of halogens is 1. The van der Waals surface area contributed by atoms with Crippen molar-refractivity contribution in [2.45, 2.75) is 135 Å². The Morgan fingerprint density at radius 3 is 2.39 bits per heavy atom. The van der Waals surface area contributed by atoms with Crippen molar-refractivity contribution in [3.05, 3.63) is 99.9 Å². The predicted octanol–water partition coefficient (Wildman–Crippen LogP) is 6.04. The molecular formula is C53H67FN8O8S. The number of hydrogen-bond donors (Lipinski definition) is 5. The molecule has 4 heterocycles. The molecular weight excluding hydrogens is 928 g/mol. The summed E-state index contributed by atoms with van der Waals surface area (Å²) >= 11 is 1.56.